The first kappa shape index (κ1) is 13.2. The molecule has 0 amide bonds. The van der Waals surface area contributed by atoms with Gasteiger partial charge >= 0.3 is 0 Å². The van der Waals surface area contributed by atoms with Gasteiger partial charge in [0.1, 0.15) is 0 Å². The van der Waals surface area contributed by atoms with Crippen molar-refractivity contribution in [2.45, 2.75) is 0 Å². The van der Waals surface area contributed by atoms with Gasteiger partial charge in [-0.3, -0.25) is 0 Å². The number of nitrogens with zero attached hydrogens (tertiary/aromatic N) is 2. The molecule has 3 nitrogen and oxygen atoms in total. The van der Waals surface area contributed by atoms with Gasteiger partial charge in [-0.25, -0.2) is 4.98 Å². The van der Waals surface area contributed by atoms with Crippen molar-refractivity contribution in [2.24, 2.45) is 0 Å². The number of ether oxygens (including phenoxy) is 1. The molecule has 1 aromatic carbocycles. The van der Waals surface area contributed by atoms with Crippen molar-refractivity contribution < 1.29 is 4.74 Å². The summed E-state index contributed by atoms with van der Waals surface area (Å²) in [6, 6.07) is 5.58. The Morgan fingerprint density at radius 3 is 2.68 bits per heavy atom. The molecule has 2 heterocycles. The SMILES string of the molecule is Clc1ccc(-c2csc(N3CCOCC3)n2)cc1Cl. The predicted molar refractivity (Wildman–Crippen MR) is 80.6 cm³/mol. The first-order chi connectivity index (χ1) is 9.24. The van der Waals surface area contributed by atoms with Crippen molar-refractivity contribution in [2.75, 3.05) is 31.2 Å². The summed E-state index contributed by atoms with van der Waals surface area (Å²) in [5.41, 5.74) is 1.93. The Kier molecular flexibility index (Phi) is 3.93. The third kappa shape index (κ3) is 2.87. The van der Waals surface area contributed by atoms with Gasteiger partial charge in [0.25, 0.3) is 0 Å². The fraction of sp³-hybridized carbons (Fsp3) is 0.308. The first-order valence-electron chi connectivity index (χ1n) is 5.98. The van der Waals surface area contributed by atoms with Gasteiger partial charge < -0.3 is 9.64 Å². The van der Waals surface area contributed by atoms with Crippen molar-refractivity contribution in [1.29, 1.82) is 0 Å². The number of benzene rings is 1. The Labute approximate surface area is 125 Å². The molecule has 0 unspecified atom stereocenters. The number of morpholine rings is 1. The highest BCUT2D eigenvalue weighted by Gasteiger charge is 2.15. The van der Waals surface area contributed by atoms with Crippen LogP contribution in [0.3, 0.4) is 0 Å². The van der Waals surface area contributed by atoms with E-state index >= 15 is 0 Å². The van der Waals surface area contributed by atoms with Gasteiger partial charge in [0.2, 0.25) is 0 Å². The molecule has 0 aliphatic carbocycles. The van der Waals surface area contributed by atoms with E-state index in [0.717, 1.165) is 42.7 Å². The fourth-order valence-electron chi connectivity index (χ4n) is 1.95. The number of hydrogen-bond acceptors (Lipinski definition) is 4. The van der Waals surface area contributed by atoms with Crippen LogP contribution >= 0.6 is 34.5 Å². The van der Waals surface area contributed by atoms with Crippen LogP contribution in [0.4, 0.5) is 5.13 Å². The van der Waals surface area contributed by atoms with Crippen LogP contribution in [-0.4, -0.2) is 31.3 Å². The average molecular weight is 315 g/mol. The molecule has 1 aromatic heterocycles. The number of halogens is 2. The summed E-state index contributed by atoms with van der Waals surface area (Å²) < 4.78 is 5.34. The van der Waals surface area contributed by atoms with Gasteiger partial charge in [0.05, 0.1) is 29.0 Å². The lowest BCUT2D eigenvalue weighted by Gasteiger charge is -2.26. The zero-order valence-corrected chi connectivity index (χ0v) is 12.4. The van der Waals surface area contributed by atoms with E-state index in [1.165, 1.54) is 0 Å². The van der Waals surface area contributed by atoms with Gasteiger partial charge in [-0.15, -0.1) is 11.3 Å². The van der Waals surface area contributed by atoms with Gasteiger partial charge in [0.15, 0.2) is 5.13 Å². The smallest absolute Gasteiger partial charge is 0.186 e. The van der Waals surface area contributed by atoms with E-state index in [4.69, 9.17) is 27.9 Å². The second-order valence-electron chi connectivity index (χ2n) is 4.24. The monoisotopic (exact) mass is 314 g/mol. The zero-order chi connectivity index (χ0) is 13.2. The Bertz CT molecular complexity index is 582. The topological polar surface area (TPSA) is 25.4 Å². The van der Waals surface area contributed by atoms with Crippen LogP contribution < -0.4 is 4.90 Å². The van der Waals surface area contributed by atoms with E-state index in [-0.39, 0.29) is 0 Å². The highest BCUT2D eigenvalue weighted by atomic mass is 35.5. The van der Waals surface area contributed by atoms with Crippen LogP contribution in [0.25, 0.3) is 11.3 Å². The average Bonchev–Trinajstić information content (AvgIpc) is 2.93. The summed E-state index contributed by atoms with van der Waals surface area (Å²) >= 11 is 13.6. The number of anilines is 1. The van der Waals surface area contributed by atoms with Gasteiger partial charge in [-0.2, -0.15) is 0 Å². The van der Waals surface area contributed by atoms with E-state index in [2.05, 4.69) is 9.88 Å². The molecule has 1 aliphatic rings. The first-order valence-corrected chi connectivity index (χ1v) is 7.61. The molecule has 19 heavy (non-hydrogen) atoms. The highest BCUT2D eigenvalue weighted by molar-refractivity contribution is 7.14. The minimum atomic E-state index is 0.556. The number of aromatic nitrogens is 1. The minimum Gasteiger partial charge on any atom is -0.378 e. The molecular formula is C13H12Cl2N2OS. The number of hydrogen-bond donors (Lipinski definition) is 0. The van der Waals surface area contributed by atoms with Crippen LogP contribution in [0, 0.1) is 0 Å². The third-order valence-corrected chi connectivity index (χ3v) is 4.63. The molecule has 1 saturated heterocycles. The number of thiazole rings is 1. The van der Waals surface area contributed by atoms with Crippen LogP contribution in [0.2, 0.25) is 10.0 Å². The Morgan fingerprint density at radius 2 is 1.95 bits per heavy atom. The Morgan fingerprint density at radius 1 is 1.16 bits per heavy atom. The van der Waals surface area contributed by atoms with Crippen LogP contribution in [0.1, 0.15) is 0 Å². The van der Waals surface area contributed by atoms with Crippen LogP contribution in [0.15, 0.2) is 23.6 Å². The van der Waals surface area contributed by atoms with Gasteiger partial charge in [-0.1, -0.05) is 29.3 Å². The molecule has 1 aliphatic heterocycles. The summed E-state index contributed by atoms with van der Waals surface area (Å²) in [6.07, 6.45) is 0. The molecule has 0 atom stereocenters. The van der Waals surface area contributed by atoms with Crippen molar-refractivity contribution in [3.05, 3.63) is 33.6 Å². The largest absolute Gasteiger partial charge is 0.378 e. The minimum absolute atomic E-state index is 0.556. The molecule has 6 heteroatoms. The van der Waals surface area contributed by atoms with Gasteiger partial charge in [0, 0.05) is 24.0 Å². The standard InChI is InChI=1S/C13H12Cl2N2OS/c14-10-2-1-9(7-11(10)15)12-8-19-13(16-12)17-3-5-18-6-4-17/h1-2,7-8H,3-6H2. The fourth-order valence-corrected chi connectivity index (χ4v) is 3.14. The normalized spacial score (nSPS) is 15.8. The third-order valence-electron chi connectivity index (χ3n) is 2.99. The lowest BCUT2D eigenvalue weighted by Crippen LogP contribution is -2.36. The number of rotatable bonds is 2. The molecule has 0 radical (unpaired) electrons. The predicted octanol–water partition coefficient (Wildman–Crippen LogP) is 3.95. The van der Waals surface area contributed by atoms with E-state index in [9.17, 15) is 0 Å². The maximum Gasteiger partial charge on any atom is 0.186 e. The maximum atomic E-state index is 6.04. The molecule has 100 valence electrons. The quantitative estimate of drug-likeness (QED) is 0.839. The van der Waals surface area contributed by atoms with E-state index in [0.29, 0.717) is 10.0 Å². The van der Waals surface area contributed by atoms with Crippen LogP contribution in [-0.2, 0) is 4.74 Å². The Balaban J connectivity index is 1.85. The molecule has 0 saturated carbocycles. The molecule has 3 rings (SSSR count). The summed E-state index contributed by atoms with van der Waals surface area (Å²) in [6.45, 7) is 3.33. The summed E-state index contributed by atoms with van der Waals surface area (Å²) in [5.74, 6) is 0. The Hall–Kier alpha value is -0.810. The highest BCUT2D eigenvalue weighted by Crippen LogP contribution is 2.31. The molecule has 1 fully saturated rings. The lowest BCUT2D eigenvalue weighted by molar-refractivity contribution is 0.122. The molecule has 0 bridgehead atoms. The molecule has 0 N–H and O–H groups in total. The molecule has 2 aromatic rings. The summed E-state index contributed by atoms with van der Waals surface area (Å²) in [5, 5.41) is 4.20. The van der Waals surface area contributed by atoms with E-state index in [1.807, 2.05) is 17.5 Å². The second-order valence-corrected chi connectivity index (χ2v) is 5.89. The lowest BCUT2D eigenvalue weighted by atomic mass is 10.2. The summed E-state index contributed by atoms with van der Waals surface area (Å²) in [4.78, 5) is 6.91. The van der Waals surface area contributed by atoms with Crippen molar-refractivity contribution >= 4 is 39.7 Å². The van der Waals surface area contributed by atoms with E-state index < -0.39 is 0 Å². The van der Waals surface area contributed by atoms with Crippen molar-refractivity contribution in [3.63, 3.8) is 0 Å². The van der Waals surface area contributed by atoms with Crippen LogP contribution in [0.5, 0.6) is 0 Å². The molecule has 0 spiro atoms. The second kappa shape index (κ2) is 5.67. The zero-order valence-electron chi connectivity index (χ0n) is 10.1. The van der Waals surface area contributed by atoms with Gasteiger partial charge in [-0.05, 0) is 12.1 Å². The van der Waals surface area contributed by atoms with Crippen molar-refractivity contribution in [3.8, 4) is 11.3 Å². The van der Waals surface area contributed by atoms with Crippen molar-refractivity contribution in [1.82, 2.24) is 4.98 Å². The molecular weight excluding hydrogens is 303 g/mol. The summed E-state index contributed by atoms with van der Waals surface area (Å²) in [7, 11) is 0. The van der Waals surface area contributed by atoms with E-state index in [1.54, 1.807) is 17.4 Å². The maximum absolute atomic E-state index is 6.04.